The fourth-order valence-corrected chi connectivity index (χ4v) is 6.08. The van der Waals surface area contributed by atoms with Gasteiger partial charge in [0.25, 0.3) is 0 Å². The van der Waals surface area contributed by atoms with Gasteiger partial charge in [-0.1, -0.05) is 0 Å². The Morgan fingerprint density at radius 2 is 1.29 bits per heavy atom. The number of hydrogen-bond acceptors (Lipinski definition) is 0. The third kappa shape index (κ3) is 4.38. The zero-order valence-corrected chi connectivity index (χ0v) is 18.1. The summed E-state index contributed by atoms with van der Waals surface area (Å²) in [6, 6.07) is 33.4. The zero-order valence-electron chi connectivity index (χ0n) is 16.4. The van der Waals surface area contributed by atoms with Crippen molar-refractivity contribution in [1.82, 2.24) is 0 Å². The molecule has 0 saturated heterocycles. The Morgan fingerprint density at radius 1 is 0.643 bits per heavy atom. The molecule has 0 fully saturated rings. The number of rotatable bonds is 7. The van der Waals surface area contributed by atoms with Crippen LogP contribution in [0.3, 0.4) is 0 Å². The summed E-state index contributed by atoms with van der Waals surface area (Å²) in [4.78, 5) is 0. The van der Waals surface area contributed by atoms with Gasteiger partial charge in [0.05, 0.1) is 0 Å². The van der Waals surface area contributed by atoms with Crippen LogP contribution in [0.25, 0.3) is 31.1 Å². The summed E-state index contributed by atoms with van der Waals surface area (Å²) in [7, 11) is 0. The number of benzene rings is 3. The predicted octanol–water partition coefficient (Wildman–Crippen LogP) is 7.48. The van der Waals surface area contributed by atoms with E-state index in [0.29, 0.717) is 14.5 Å². The van der Waals surface area contributed by atoms with Gasteiger partial charge in [-0.25, -0.2) is 0 Å². The quantitative estimate of drug-likeness (QED) is 0.211. The third-order valence-corrected chi connectivity index (χ3v) is 7.75. The standard InChI is InChI=1S/C27H26Se/c1-2-3-6-11-21-16-18-23(19-17-21)26-20-25(22-12-7-4-8-13-22)27(28-26)24-14-9-5-10-15-24/h4-5,7-10,12-20H,2-3,6,11H2,1H3. The molecule has 0 unspecified atom stereocenters. The van der Waals surface area contributed by atoms with Gasteiger partial charge < -0.3 is 0 Å². The van der Waals surface area contributed by atoms with Crippen molar-refractivity contribution in [3.05, 3.63) is 96.6 Å². The van der Waals surface area contributed by atoms with Crippen molar-refractivity contribution < 1.29 is 0 Å². The molecule has 1 heteroatoms. The molecule has 4 rings (SSSR count). The van der Waals surface area contributed by atoms with E-state index in [2.05, 4.69) is 97.9 Å². The molecule has 0 aliphatic carbocycles. The first kappa shape index (κ1) is 19.0. The van der Waals surface area contributed by atoms with E-state index in [4.69, 9.17) is 0 Å². The molecule has 0 N–H and O–H groups in total. The SMILES string of the molecule is CCCCCc1ccc(-c2cc(-c3ccccc3)c(-c3ccccc3)[se]2)cc1. The first-order chi connectivity index (χ1) is 13.8. The predicted molar refractivity (Wildman–Crippen MR) is 123 cm³/mol. The van der Waals surface area contributed by atoms with Crippen LogP contribution in [0.2, 0.25) is 0 Å². The van der Waals surface area contributed by atoms with Gasteiger partial charge in [0.2, 0.25) is 0 Å². The van der Waals surface area contributed by atoms with Crippen molar-refractivity contribution in [2.24, 2.45) is 0 Å². The topological polar surface area (TPSA) is 0 Å². The molecule has 1 aromatic heterocycles. The van der Waals surface area contributed by atoms with Crippen molar-refractivity contribution in [2.45, 2.75) is 32.6 Å². The van der Waals surface area contributed by atoms with Crippen LogP contribution in [-0.4, -0.2) is 14.5 Å². The van der Waals surface area contributed by atoms with Crippen LogP contribution in [0, 0.1) is 0 Å². The zero-order chi connectivity index (χ0) is 19.2. The van der Waals surface area contributed by atoms with E-state index in [9.17, 15) is 0 Å². The fourth-order valence-electron chi connectivity index (χ4n) is 3.58. The molecule has 3 aromatic carbocycles. The van der Waals surface area contributed by atoms with Gasteiger partial charge in [-0.2, -0.15) is 0 Å². The van der Waals surface area contributed by atoms with Crippen LogP contribution < -0.4 is 0 Å². The summed E-state index contributed by atoms with van der Waals surface area (Å²) in [5, 5.41) is 0. The van der Waals surface area contributed by atoms with E-state index in [1.807, 2.05) is 0 Å². The van der Waals surface area contributed by atoms with Crippen LogP contribution in [0.15, 0.2) is 91.0 Å². The Bertz CT molecular complexity index is 938. The Kier molecular flexibility index (Phi) is 6.27. The average molecular weight is 429 g/mol. The van der Waals surface area contributed by atoms with Crippen LogP contribution in [-0.2, 0) is 6.42 Å². The molecule has 4 aromatic rings. The fraction of sp³-hybridized carbons (Fsp3) is 0.185. The summed E-state index contributed by atoms with van der Waals surface area (Å²) in [6.45, 7) is 2.26. The second kappa shape index (κ2) is 9.24. The summed E-state index contributed by atoms with van der Waals surface area (Å²) in [6.07, 6.45) is 5.09. The van der Waals surface area contributed by atoms with E-state index < -0.39 is 0 Å². The number of unbranched alkanes of at least 4 members (excludes halogenated alkanes) is 2. The van der Waals surface area contributed by atoms with Crippen LogP contribution in [0.1, 0.15) is 31.7 Å². The first-order valence-electron chi connectivity index (χ1n) is 10.2. The monoisotopic (exact) mass is 430 g/mol. The molecule has 0 aliphatic heterocycles. The Balaban J connectivity index is 1.70. The average Bonchev–Trinajstić information content (AvgIpc) is 3.21. The molecule has 0 aliphatic rings. The van der Waals surface area contributed by atoms with Gasteiger partial charge >= 0.3 is 175 Å². The molecule has 1 heterocycles. The van der Waals surface area contributed by atoms with E-state index in [1.165, 1.54) is 62.4 Å². The van der Waals surface area contributed by atoms with Gasteiger partial charge in [-0.3, -0.25) is 0 Å². The van der Waals surface area contributed by atoms with Gasteiger partial charge in [0.15, 0.2) is 0 Å². The van der Waals surface area contributed by atoms with Crippen molar-refractivity contribution in [1.29, 1.82) is 0 Å². The number of aryl methyl sites for hydroxylation is 1. The molecule has 0 amide bonds. The minimum absolute atomic E-state index is 0.316. The summed E-state index contributed by atoms with van der Waals surface area (Å²) in [5.74, 6) is 0. The Labute approximate surface area is 174 Å². The molecule has 0 bridgehead atoms. The van der Waals surface area contributed by atoms with Gasteiger partial charge in [-0.05, 0) is 0 Å². The molecule has 0 atom stereocenters. The minimum atomic E-state index is 0.316. The summed E-state index contributed by atoms with van der Waals surface area (Å²) >= 11 is 0.316. The third-order valence-electron chi connectivity index (χ3n) is 5.16. The molecule has 0 spiro atoms. The second-order valence-electron chi connectivity index (χ2n) is 7.24. The second-order valence-corrected chi connectivity index (χ2v) is 9.45. The Hall–Kier alpha value is -2.34. The van der Waals surface area contributed by atoms with Gasteiger partial charge in [-0.15, -0.1) is 0 Å². The summed E-state index contributed by atoms with van der Waals surface area (Å²) in [5.41, 5.74) is 6.88. The van der Waals surface area contributed by atoms with E-state index in [-0.39, 0.29) is 0 Å². The molecule has 0 radical (unpaired) electrons. The van der Waals surface area contributed by atoms with Crippen LogP contribution in [0.5, 0.6) is 0 Å². The van der Waals surface area contributed by atoms with Gasteiger partial charge in [0.1, 0.15) is 0 Å². The maximum absolute atomic E-state index is 2.42. The normalized spacial score (nSPS) is 10.9. The van der Waals surface area contributed by atoms with Crippen molar-refractivity contribution in [3.8, 4) is 31.1 Å². The molecule has 140 valence electrons. The molecular formula is C27H26Se. The van der Waals surface area contributed by atoms with Crippen LogP contribution in [0.4, 0.5) is 0 Å². The molecule has 0 nitrogen and oxygen atoms in total. The van der Waals surface area contributed by atoms with E-state index in [1.54, 1.807) is 0 Å². The van der Waals surface area contributed by atoms with E-state index >= 15 is 0 Å². The van der Waals surface area contributed by atoms with Crippen molar-refractivity contribution >= 4 is 14.5 Å². The molecule has 28 heavy (non-hydrogen) atoms. The summed E-state index contributed by atoms with van der Waals surface area (Å²) < 4.78 is 2.96. The molecular weight excluding hydrogens is 403 g/mol. The maximum atomic E-state index is 2.42. The van der Waals surface area contributed by atoms with Crippen molar-refractivity contribution in [2.75, 3.05) is 0 Å². The van der Waals surface area contributed by atoms with Crippen molar-refractivity contribution in [3.63, 3.8) is 0 Å². The van der Waals surface area contributed by atoms with E-state index in [0.717, 1.165) is 0 Å². The van der Waals surface area contributed by atoms with Gasteiger partial charge in [0, 0.05) is 0 Å². The molecule has 0 saturated carbocycles. The Morgan fingerprint density at radius 3 is 1.93 bits per heavy atom. The first-order valence-corrected chi connectivity index (χ1v) is 11.9. The van der Waals surface area contributed by atoms with Crippen LogP contribution >= 0.6 is 0 Å². The number of hydrogen-bond donors (Lipinski definition) is 0.